The molecule has 0 saturated carbocycles. The van der Waals surface area contributed by atoms with E-state index >= 15 is 0 Å². The Balaban J connectivity index is 0.000000735. The minimum Gasteiger partial charge on any atom is -0.483 e. The molecule has 3 aromatic rings. The zero-order valence-corrected chi connectivity index (χ0v) is 16.7. The Labute approximate surface area is 174 Å². The summed E-state index contributed by atoms with van der Waals surface area (Å²) in [5, 5.41) is 1.46. The van der Waals surface area contributed by atoms with E-state index in [4.69, 9.17) is 15.4 Å². The summed E-state index contributed by atoms with van der Waals surface area (Å²) in [6.07, 6.45) is 0.403. The number of anilines is 1. The second-order valence-corrected chi connectivity index (χ2v) is 6.39. The molecule has 0 bridgehead atoms. The molecule has 0 radical (unpaired) electrons. The van der Waals surface area contributed by atoms with Gasteiger partial charge in [0.1, 0.15) is 6.61 Å². The lowest BCUT2D eigenvalue weighted by Crippen LogP contribution is -2.26. The average Bonchev–Trinajstić information content (AvgIpc) is 2.74. The van der Waals surface area contributed by atoms with E-state index < -0.39 is 17.4 Å². The quantitative estimate of drug-likeness (QED) is 0.249. The maximum absolute atomic E-state index is 14.5. The highest BCUT2D eigenvalue weighted by Gasteiger charge is 2.16. The maximum atomic E-state index is 14.5. The number of rotatable bonds is 6. The van der Waals surface area contributed by atoms with Crippen LogP contribution < -0.4 is 26.9 Å². The summed E-state index contributed by atoms with van der Waals surface area (Å²) < 4.78 is 34.4. The molecule has 158 valence electrons. The molecule has 0 aliphatic heterocycles. The lowest BCUT2D eigenvalue weighted by molar-refractivity contribution is -0.109. The summed E-state index contributed by atoms with van der Waals surface area (Å²) >= 11 is 0. The van der Waals surface area contributed by atoms with E-state index in [0.29, 0.717) is 12.0 Å². The summed E-state index contributed by atoms with van der Waals surface area (Å²) in [6.45, 7) is 1.92. The molecule has 6 nitrogen and oxygen atoms in total. The largest absolute Gasteiger partial charge is 0.483 e. The van der Waals surface area contributed by atoms with Gasteiger partial charge < -0.3 is 9.75 Å². The number of nitrogens with two attached hydrogens (primary N) is 2. The Morgan fingerprint density at radius 1 is 1.03 bits per heavy atom. The number of ether oxygens (including phenoxy) is 1. The van der Waals surface area contributed by atoms with Gasteiger partial charge in [-0.05, 0) is 41.8 Å². The predicted molar refractivity (Wildman–Crippen MR) is 113 cm³/mol. The minimum absolute atomic E-state index is 0.0159. The van der Waals surface area contributed by atoms with E-state index in [9.17, 15) is 8.78 Å². The molecule has 8 heteroatoms. The summed E-state index contributed by atoms with van der Waals surface area (Å²) in [5.74, 6) is 8.37. The van der Waals surface area contributed by atoms with Crippen molar-refractivity contribution in [2.45, 2.75) is 13.5 Å². The molecular formula is C22H24F2N4O2. The van der Waals surface area contributed by atoms with Gasteiger partial charge in [-0.3, -0.25) is 10.2 Å². The van der Waals surface area contributed by atoms with Gasteiger partial charge in [0.25, 0.3) is 0 Å². The number of amides is 1. The molecule has 0 aliphatic rings. The Morgan fingerprint density at radius 2 is 1.63 bits per heavy atom. The Morgan fingerprint density at radius 3 is 2.17 bits per heavy atom. The first-order chi connectivity index (χ1) is 14.4. The molecule has 0 unspecified atom stereocenters. The molecular weight excluding hydrogens is 390 g/mol. The predicted octanol–water partition coefficient (Wildman–Crippen LogP) is 3.44. The van der Waals surface area contributed by atoms with Crippen LogP contribution in [-0.4, -0.2) is 13.5 Å². The Hall–Kier alpha value is -3.49. The van der Waals surface area contributed by atoms with Crippen molar-refractivity contribution in [3.05, 3.63) is 83.4 Å². The van der Waals surface area contributed by atoms with Crippen molar-refractivity contribution < 1.29 is 18.3 Å². The Kier molecular flexibility index (Phi) is 8.28. The van der Waals surface area contributed by atoms with Gasteiger partial charge in [-0.1, -0.05) is 42.5 Å². The molecule has 1 amide bonds. The number of halogens is 2. The first-order valence-electron chi connectivity index (χ1n) is 9.03. The first kappa shape index (κ1) is 22.8. The van der Waals surface area contributed by atoms with E-state index in [1.807, 2.05) is 43.3 Å². The Bertz CT molecular complexity index is 959. The van der Waals surface area contributed by atoms with E-state index in [1.54, 1.807) is 24.6 Å². The van der Waals surface area contributed by atoms with Gasteiger partial charge >= 0.3 is 0 Å². The number of carbonyl (C=O) groups is 1. The van der Waals surface area contributed by atoms with Crippen molar-refractivity contribution >= 4 is 12.1 Å². The molecule has 0 saturated heterocycles. The normalized spacial score (nSPS) is 9.93. The number of benzene rings is 3. The molecule has 0 aliphatic carbocycles. The van der Waals surface area contributed by atoms with E-state index in [-0.39, 0.29) is 6.61 Å². The number of hydrogen-bond acceptors (Lipinski definition) is 5. The number of carbonyl (C=O) groups excluding carboxylic acids is 1. The van der Waals surface area contributed by atoms with Crippen molar-refractivity contribution in [3.63, 3.8) is 0 Å². The summed E-state index contributed by atoms with van der Waals surface area (Å²) in [4.78, 5) is 8.94. The monoisotopic (exact) mass is 414 g/mol. The molecule has 0 spiro atoms. The summed E-state index contributed by atoms with van der Waals surface area (Å²) in [7, 11) is 1.70. The SMILES string of the molecule is Cc1cccc(N(C)N)c1COc1c(F)cc(-c2ccccc2)cc1F.NNC=O. The van der Waals surface area contributed by atoms with Gasteiger partial charge in [-0.2, -0.15) is 0 Å². The second-order valence-electron chi connectivity index (χ2n) is 6.39. The number of nitrogens with zero attached hydrogens (tertiary/aromatic N) is 1. The maximum Gasteiger partial charge on any atom is 0.221 e. The highest BCUT2D eigenvalue weighted by atomic mass is 19.1. The fourth-order valence-corrected chi connectivity index (χ4v) is 2.84. The molecule has 3 aromatic carbocycles. The van der Waals surface area contributed by atoms with Gasteiger partial charge in [0.2, 0.25) is 6.41 Å². The van der Waals surface area contributed by atoms with Crippen LogP contribution in [0.4, 0.5) is 14.5 Å². The minimum atomic E-state index is -0.736. The van der Waals surface area contributed by atoms with Crippen LogP contribution in [0.25, 0.3) is 11.1 Å². The fraction of sp³-hybridized carbons (Fsp3) is 0.136. The number of aryl methyl sites for hydroxylation is 1. The van der Waals surface area contributed by atoms with Crippen LogP contribution in [-0.2, 0) is 11.4 Å². The van der Waals surface area contributed by atoms with Gasteiger partial charge in [0.05, 0.1) is 5.69 Å². The van der Waals surface area contributed by atoms with E-state index in [0.717, 1.165) is 22.4 Å². The van der Waals surface area contributed by atoms with Crippen LogP contribution in [0.5, 0.6) is 5.75 Å². The van der Waals surface area contributed by atoms with Crippen LogP contribution in [0.15, 0.2) is 60.7 Å². The van der Waals surface area contributed by atoms with Crippen molar-refractivity contribution in [1.29, 1.82) is 0 Å². The smallest absolute Gasteiger partial charge is 0.221 e. The second kappa shape index (κ2) is 10.9. The molecule has 0 atom stereocenters. The van der Waals surface area contributed by atoms with Gasteiger partial charge in [-0.25, -0.2) is 20.5 Å². The molecule has 30 heavy (non-hydrogen) atoms. The number of hydrogen-bond donors (Lipinski definition) is 3. The third kappa shape index (κ3) is 5.76. The number of hydrazine groups is 2. The third-order valence-electron chi connectivity index (χ3n) is 4.30. The lowest BCUT2D eigenvalue weighted by Gasteiger charge is -2.19. The standard InChI is InChI=1S/C21H20F2N2O.CH4N2O/c1-14-7-6-10-20(25(2)24)17(14)13-26-21-18(22)11-16(12-19(21)23)15-8-4-3-5-9-15;2-3-1-4/h3-12H,13,24H2,1-2H3;1H,2H2,(H,3,4). The molecule has 0 aromatic heterocycles. The van der Waals surface area contributed by atoms with E-state index in [1.165, 1.54) is 17.1 Å². The van der Waals surface area contributed by atoms with E-state index in [2.05, 4.69) is 5.84 Å². The first-order valence-corrected chi connectivity index (χ1v) is 9.03. The van der Waals surface area contributed by atoms with Crippen LogP contribution >= 0.6 is 0 Å². The van der Waals surface area contributed by atoms with Crippen molar-refractivity contribution in [2.75, 3.05) is 12.1 Å². The fourth-order valence-electron chi connectivity index (χ4n) is 2.84. The zero-order chi connectivity index (χ0) is 22.1. The van der Waals surface area contributed by atoms with Crippen LogP contribution in [0.3, 0.4) is 0 Å². The van der Waals surface area contributed by atoms with Gasteiger partial charge in [-0.15, -0.1) is 0 Å². The highest BCUT2D eigenvalue weighted by Crippen LogP contribution is 2.30. The van der Waals surface area contributed by atoms with Gasteiger partial charge in [0, 0.05) is 12.6 Å². The van der Waals surface area contributed by atoms with Crippen molar-refractivity contribution in [1.82, 2.24) is 5.43 Å². The third-order valence-corrected chi connectivity index (χ3v) is 4.30. The molecule has 0 fully saturated rings. The van der Waals surface area contributed by atoms with Crippen LogP contribution in [0.2, 0.25) is 0 Å². The average molecular weight is 414 g/mol. The number of nitrogens with one attached hydrogen (secondary N) is 1. The molecule has 3 rings (SSSR count). The van der Waals surface area contributed by atoms with Crippen molar-refractivity contribution in [3.8, 4) is 16.9 Å². The summed E-state index contributed by atoms with van der Waals surface area (Å²) in [6, 6.07) is 17.2. The lowest BCUT2D eigenvalue weighted by atomic mass is 10.1. The highest BCUT2D eigenvalue weighted by molar-refractivity contribution is 5.64. The van der Waals surface area contributed by atoms with Gasteiger partial charge in [0.15, 0.2) is 17.4 Å². The summed E-state index contributed by atoms with van der Waals surface area (Å²) in [5.41, 5.74) is 5.41. The van der Waals surface area contributed by atoms with Crippen LogP contribution in [0, 0.1) is 18.6 Å². The zero-order valence-electron chi connectivity index (χ0n) is 16.7. The van der Waals surface area contributed by atoms with Crippen LogP contribution in [0.1, 0.15) is 11.1 Å². The molecule has 5 N–H and O–H groups in total. The van der Waals surface area contributed by atoms with Crippen molar-refractivity contribution in [2.24, 2.45) is 11.7 Å². The topological polar surface area (TPSA) is 93.6 Å². The molecule has 0 heterocycles.